The van der Waals surface area contributed by atoms with Gasteiger partial charge in [-0.25, -0.2) is 0 Å². The van der Waals surface area contributed by atoms with Gasteiger partial charge in [0, 0.05) is 43.6 Å². The highest BCUT2D eigenvalue weighted by Crippen LogP contribution is 2.39. The topological polar surface area (TPSA) is 351 Å². The van der Waals surface area contributed by atoms with E-state index < -0.39 is 61.3 Å². The van der Waals surface area contributed by atoms with Crippen LogP contribution in [0.5, 0.6) is 11.5 Å². The minimum Gasteiger partial charge on any atom is -0.507 e. The van der Waals surface area contributed by atoms with Crippen LogP contribution in [0, 0.1) is 49.4 Å². The van der Waals surface area contributed by atoms with Crippen LogP contribution < -0.4 is 16.8 Å². The Balaban J connectivity index is -0.000000226. The van der Waals surface area contributed by atoms with Crippen molar-refractivity contribution in [2.45, 2.75) is 105 Å². The Labute approximate surface area is 377 Å². The van der Waals surface area contributed by atoms with Crippen molar-refractivity contribution in [1.82, 2.24) is 5.32 Å². The largest absolute Gasteiger partial charge is 0.507 e. The number of benzene rings is 2. The van der Waals surface area contributed by atoms with Gasteiger partial charge < -0.3 is 58.4 Å². The number of nitrogens with one attached hydrogen (secondary N) is 1. The van der Waals surface area contributed by atoms with Gasteiger partial charge in [0.05, 0.1) is 37.2 Å². The number of unbranched alkanes of at least 4 members (excludes halogenated alkanes) is 1. The Kier molecular flexibility index (Phi) is 30.0. The highest BCUT2D eigenvalue weighted by molar-refractivity contribution is 6.02. The fourth-order valence-corrected chi connectivity index (χ4v) is 8.20. The third-order valence-corrected chi connectivity index (χ3v) is 11.4. The quantitative estimate of drug-likeness (QED) is 0.0917. The second kappa shape index (κ2) is 31.3. The third kappa shape index (κ3) is 18.9. The van der Waals surface area contributed by atoms with E-state index in [1.54, 1.807) is 12.1 Å². The number of aryl methyl sites for hydroxylation is 2. The van der Waals surface area contributed by atoms with Crippen LogP contribution in [0.3, 0.4) is 0 Å². The van der Waals surface area contributed by atoms with E-state index in [-0.39, 0.29) is 102 Å². The average molecular weight is 902 g/mol. The average Bonchev–Trinajstić information content (AvgIpc) is 3.18. The first kappa shape index (κ1) is 60.5. The molecule has 0 saturated carbocycles. The number of phenols is 2. The molecule has 0 spiro atoms. The van der Waals surface area contributed by atoms with Crippen LogP contribution in [0.1, 0.15) is 127 Å². The Morgan fingerprint density at radius 3 is 1.22 bits per heavy atom. The van der Waals surface area contributed by atoms with E-state index in [1.165, 1.54) is 25.0 Å². The summed E-state index contributed by atoms with van der Waals surface area (Å²) in [4.78, 5) is 71.7. The maximum absolute atomic E-state index is 12.5. The monoisotopic (exact) mass is 902 g/mol. The van der Waals surface area contributed by atoms with Crippen LogP contribution >= 0.6 is 0 Å². The fraction of sp³-hybridized carbons (Fsp3) is 0.609. The van der Waals surface area contributed by atoms with Gasteiger partial charge in [0.15, 0.2) is 11.6 Å². The van der Waals surface area contributed by atoms with Gasteiger partial charge in [-0.05, 0) is 125 Å². The molecule has 15 N–H and O–H groups in total. The molecule has 366 valence electrons. The maximum Gasteiger partial charge on any atom is 0.224 e. The molecule has 6 atom stereocenters. The Hall–Kier alpha value is -4.62. The number of amides is 2. The fourth-order valence-electron chi connectivity index (χ4n) is 8.20. The summed E-state index contributed by atoms with van der Waals surface area (Å²) in [7, 11) is 3.75. The number of hydrogen-bond donors (Lipinski definition) is 9. The standard InChI is InChI=1S/2C20H27NO6.C4H10.C2H7N.2H2O.4H2/c2*1-11-2-3-16(24)20-14(11)7-12(8-18(20)26)6-13(4-5-22)15(10-23)17(25)9-19(21)27;1-3-4-2;1-3-2;;;;;;/h2*2-3,12-13,15,22-24H,4-10H2,1H3,(H2,21,27);3-4H2,1-2H3;3H,1-2H3;2*1H2;4*1H. The molecule has 4 rings (SSSR count). The van der Waals surface area contributed by atoms with Crippen LogP contribution in [-0.4, -0.2) is 117 Å². The minimum absolute atomic E-state index is 0. The van der Waals surface area contributed by atoms with Gasteiger partial charge in [0.25, 0.3) is 0 Å². The van der Waals surface area contributed by atoms with Gasteiger partial charge in [-0.15, -0.1) is 0 Å². The van der Waals surface area contributed by atoms with Crippen LogP contribution in [0.25, 0.3) is 0 Å². The maximum atomic E-state index is 12.5. The summed E-state index contributed by atoms with van der Waals surface area (Å²) in [5.74, 6) is -5.18. The number of nitrogens with two attached hydrogens (primary N) is 2. The summed E-state index contributed by atoms with van der Waals surface area (Å²) in [6.07, 6.45) is 4.82. The molecule has 6 unspecified atom stereocenters. The van der Waals surface area contributed by atoms with Crippen molar-refractivity contribution in [2.24, 2.45) is 47.0 Å². The van der Waals surface area contributed by atoms with Crippen molar-refractivity contribution in [1.29, 1.82) is 0 Å². The summed E-state index contributed by atoms with van der Waals surface area (Å²) in [6.45, 7) is 6.92. The highest BCUT2D eigenvalue weighted by Gasteiger charge is 2.36. The van der Waals surface area contributed by atoms with Crippen molar-refractivity contribution in [3.05, 3.63) is 57.6 Å². The summed E-state index contributed by atoms with van der Waals surface area (Å²) >= 11 is 0. The number of hydrogen-bond acceptors (Lipinski definition) is 13. The van der Waals surface area contributed by atoms with E-state index in [4.69, 9.17) is 11.5 Å². The van der Waals surface area contributed by atoms with Gasteiger partial charge in [-0.3, -0.25) is 28.8 Å². The molecule has 0 heterocycles. The summed E-state index contributed by atoms with van der Waals surface area (Å²) in [5, 5.41) is 60.9. The number of carbonyl (C=O) groups is 6. The number of aliphatic hydroxyl groups is 4. The molecule has 17 heteroatoms. The molecular formula is C46H83N3O14. The number of aromatic hydroxyl groups is 2. The molecule has 2 aromatic carbocycles. The van der Waals surface area contributed by atoms with E-state index in [0.717, 1.165) is 22.3 Å². The molecule has 17 nitrogen and oxygen atoms in total. The predicted octanol–water partition coefficient (Wildman–Crippen LogP) is 2.75. The number of phenolic OH excluding ortho intramolecular Hbond substituents is 2. The Morgan fingerprint density at radius 2 is 0.968 bits per heavy atom. The zero-order chi connectivity index (χ0) is 46.4. The minimum atomic E-state index is -0.800. The summed E-state index contributed by atoms with van der Waals surface area (Å²) in [5.41, 5.74) is 14.4. The Morgan fingerprint density at radius 1 is 0.651 bits per heavy atom. The molecule has 0 saturated heterocycles. The predicted molar refractivity (Wildman–Crippen MR) is 248 cm³/mol. The Bertz CT molecular complexity index is 1660. The molecule has 0 fully saturated rings. The molecule has 2 aliphatic carbocycles. The number of carbonyl (C=O) groups excluding carboxylic acids is 6. The second-order valence-corrected chi connectivity index (χ2v) is 16.2. The van der Waals surface area contributed by atoms with Gasteiger partial charge in [-0.1, -0.05) is 38.8 Å². The van der Waals surface area contributed by atoms with E-state index in [1.807, 2.05) is 27.9 Å². The molecule has 0 bridgehead atoms. The summed E-state index contributed by atoms with van der Waals surface area (Å²) in [6, 6.07) is 6.57. The first-order chi connectivity index (χ1) is 28.9. The van der Waals surface area contributed by atoms with Crippen LogP contribution in [0.15, 0.2) is 24.3 Å². The zero-order valence-corrected chi connectivity index (χ0v) is 37.9. The lowest BCUT2D eigenvalue weighted by Crippen LogP contribution is -2.33. The number of aliphatic hydroxyl groups excluding tert-OH is 4. The molecule has 0 aromatic heterocycles. The molecule has 2 aliphatic rings. The van der Waals surface area contributed by atoms with Gasteiger partial charge in [0.1, 0.15) is 23.1 Å². The van der Waals surface area contributed by atoms with Crippen LogP contribution in [0.4, 0.5) is 0 Å². The number of Topliss-reactive ketones (excluding diaryl/α,β-unsaturated/α-hetero) is 4. The number of rotatable bonds is 19. The van der Waals surface area contributed by atoms with Crippen molar-refractivity contribution < 1.29 is 76.1 Å². The van der Waals surface area contributed by atoms with Crippen molar-refractivity contribution >= 4 is 34.9 Å². The number of ketones is 4. The van der Waals surface area contributed by atoms with Gasteiger partial charge in [0.2, 0.25) is 11.8 Å². The van der Waals surface area contributed by atoms with Crippen molar-refractivity contribution in [3.8, 4) is 11.5 Å². The SMILES string of the molecule is CCCC.CNC.Cc1ccc(O)c2c1CC(CC(CCO)C(CO)C(=O)CC(N)=O)CC2=O.Cc1ccc(O)c2c1CC(CC(CCO)C(CO)C(=O)CC(N)=O)CC2=O.O.O.[HH].[HH].[HH].[HH]. The van der Waals surface area contributed by atoms with Crippen LogP contribution in [-0.2, 0) is 32.0 Å². The molecular weight excluding hydrogens is 819 g/mol. The molecule has 63 heavy (non-hydrogen) atoms. The molecule has 2 amide bonds. The lowest BCUT2D eigenvalue weighted by molar-refractivity contribution is -0.133. The smallest absolute Gasteiger partial charge is 0.224 e. The molecule has 0 radical (unpaired) electrons. The van der Waals surface area contributed by atoms with Crippen molar-refractivity contribution in [3.63, 3.8) is 0 Å². The third-order valence-electron chi connectivity index (χ3n) is 11.4. The highest BCUT2D eigenvalue weighted by atomic mass is 16.3. The lowest BCUT2D eigenvalue weighted by atomic mass is 9.73. The first-order valence-corrected chi connectivity index (χ1v) is 21.2. The van der Waals surface area contributed by atoms with E-state index in [2.05, 4.69) is 19.2 Å². The number of primary amides is 2. The first-order valence-electron chi connectivity index (χ1n) is 21.2. The normalized spacial score (nSPS) is 16.7. The van der Waals surface area contributed by atoms with Gasteiger partial charge >= 0.3 is 0 Å². The molecule has 2 aromatic rings. The van der Waals surface area contributed by atoms with E-state index in [0.29, 0.717) is 36.8 Å². The zero-order valence-electron chi connectivity index (χ0n) is 37.9. The van der Waals surface area contributed by atoms with E-state index >= 15 is 0 Å². The lowest BCUT2D eigenvalue weighted by Gasteiger charge is -2.31. The second-order valence-electron chi connectivity index (χ2n) is 16.2. The summed E-state index contributed by atoms with van der Waals surface area (Å²) < 4.78 is 0. The van der Waals surface area contributed by atoms with Crippen molar-refractivity contribution in [2.75, 3.05) is 40.5 Å². The molecule has 0 aliphatic heterocycles. The van der Waals surface area contributed by atoms with Crippen LogP contribution in [0.2, 0.25) is 0 Å². The van der Waals surface area contributed by atoms with Gasteiger partial charge in [-0.2, -0.15) is 0 Å². The number of fused-ring (bicyclic) bond motifs is 2. The van der Waals surface area contributed by atoms with E-state index in [9.17, 15) is 59.4 Å².